The minimum Gasteiger partial charge on any atom is -0.491 e. The highest BCUT2D eigenvalue weighted by Gasteiger charge is 2.14. The molecule has 1 N–H and O–H groups in total. The van der Waals surface area contributed by atoms with Crippen LogP contribution in [0.5, 0.6) is 5.75 Å². The van der Waals surface area contributed by atoms with Crippen LogP contribution in [-0.4, -0.2) is 39.6 Å². The number of benzene rings is 1. The minimum atomic E-state index is 0.400. The third-order valence-corrected chi connectivity index (χ3v) is 3.20. The average Bonchev–Trinajstić information content (AvgIpc) is 2.94. The summed E-state index contributed by atoms with van der Waals surface area (Å²) in [6.07, 6.45) is 2.77. The molecule has 0 bridgehead atoms. The fourth-order valence-corrected chi connectivity index (χ4v) is 2.13. The van der Waals surface area contributed by atoms with E-state index in [4.69, 9.17) is 14.2 Å². The summed E-state index contributed by atoms with van der Waals surface area (Å²) >= 11 is 0. The van der Waals surface area contributed by atoms with Crippen molar-refractivity contribution in [2.45, 2.75) is 25.5 Å². The molecule has 1 aliphatic heterocycles. The van der Waals surface area contributed by atoms with E-state index in [0.29, 0.717) is 19.3 Å². The summed E-state index contributed by atoms with van der Waals surface area (Å²) in [6, 6.07) is 8.17. The number of hydrogen-bond acceptors (Lipinski definition) is 4. The Labute approximate surface area is 115 Å². The van der Waals surface area contributed by atoms with Crippen LogP contribution in [0.1, 0.15) is 18.4 Å². The molecular weight excluding hydrogens is 242 g/mol. The highest BCUT2D eigenvalue weighted by Crippen LogP contribution is 2.13. The van der Waals surface area contributed by atoms with Gasteiger partial charge in [0, 0.05) is 26.8 Å². The Morgan fingerprint density at radius 1 is 1.26 bits per heavy atom. The van der Waals surface area contributed by atoms with Crippen molar-refractivity contribution in [2.75, 3.05) is 33.5 Å². The van der Waals surface area contributed by atoms with Crippen LogP contribution in [-0.2, 0) is 16.0 Å². The van der Waals surface area contributed by atoms with Gasteiger partial charge >= 0.3 is 0 Å². The van der Waals surface area contributed by atoms with Crippen LogP contribution >= 0.6 is 0 Å². The maximum atomic E-state index is 5.57. The molecule has 1 aromatic rings. The number of methoxy groups -OCH3 is 1. The van der Waals surface area contributed by atoms with Crippen LogP contribution in [0.3, 0.4) is 0 Å². The summed E-state index contributed by atoms with van der Waals surface area (Å²) in [6.45, 7) is 3.93. The van der Waals surface area contributed by atoms with E-state index in [0.717, 1.165) is 25.4 Å². The second-order valence-corrected chi connectivity index (χ2v) is 4.75. The van der Waals surface area contributed by atoms with Crippen molar-refractivity contribution in [3.8, 4) is 5.75 Å². The van der Waals surface area contributed by atoms with E-state index in [1.807, 2.05) is 12.1 Å². The van der Waals surface area contributed by atoms with Crippen molar-refractivity contribution < 1.29 is 14.2 Å². The third-order valence-electron chi connectivity index (χ3n) is 3.20. The van der Waals surface area contributed by atoms with Gasteiger partial charge in [0.05, 0.1) is 12.7 Å². The predicted molar refractivity (Wildman–Crippen MR) is 74.5 cm³/mol. The SMILES string of the molecule is COCCOc1ccc(CNCC2CCCO2)cc1. The summed E-state index contributed by atoms with van der Waals surface area (Å²) in [7, 11) is 1.67. The maximum absolute atomic E-state index is 5.57. The molecule has 0 saturated carbocycles. The van der Waals surface area contributed by atoms with Gasteiger partial charge in [0.15, 0.2) is 0 Å². The van der Waals surface area contributed by atoms with Crippen molar-refractivity contribution >= 4 is 0 Å². The lowest BCUT2D eigenvalue weighted by Crippen LogP contribution is -2.25. The Kier molecular flexibility index (Phi) is 6.14. The molecule has 0 spiro atoms. The van der Waals surface area contributed by atoms with E-state index in [9.17, 15) is 0 Å². The van der Waals surface area contributed by atoms with Crippen LogP contribution in [0.15, 0.2) is 24.3 Å². The second kappa shape index (κ2) is 8.15. The smallest absolute Gasteiger partial charge is 0.119 e. The molecule has 0 amide bonds. The molecule has 106 valence electrons. The van der Waals surface area contributed by atoms with Gasteiger partial charge in [-0.15, -0.1) is 0 Å². The van der Waals surface area contributed by atoms with Crippen molar-refractivity contribution in [1.29, 1.82) is 0 Å². The first-order valence-electron chi connectivity index (χ1n) is 6.91. The Balaban J connectivity index is 1.66. The van der Waals surface area contributed by atoms with Gasteiger partial charge in [0.2, 0.25) is 0 Å². The first-order chi connectivity index (χ1) is 9.38. The molecule has 1 atom stereocenters. The molecule has 0 aromatic heterocycles. The van der Waals surface area contributed by atoms with E-state index >= 15 is 0 Å². The molecule has 1 saturated heterocycles. The van der Waals surface area contributed by atoms with E-state index in [-0.39, 0.29) is 0 Å². The number of rotatable bonds is 8. The minimum absolute atomic E-state index is 0.400. The van der Waals surface area contributed by atoms with E-state index in [1.54, 1.807) is 7.11 Å². The molecule has 1 aromatic carbocycles. The Bertz CT molecular complexity index is 347. The molecule has 1 heterocycles. The summed E-state index contributed by atoms with van der Waals surface area (Å²) in [4.78, 5) is 0. The van der Waals surface area contributed by atoms with Gasteiger partial charge in [-0.1, -0.05) is 12.1 Å². The van der Waals surface area contributed by atoms with Crippen LogP contribution in [0, 0.1) is 0 Å². The zero-order valence-corrected chi connectivity index (χ0v) is 11.6. The van der Waals surface area contributed by atoms with Crippen molar-refractivity contribution in [1.82, 2.24) is 5.32 Å². The largest absolute Gasteiger partial charge is 0.491 e. The summed E-state index contributed by atoms with van der Waals surface area (Å²) in [5, 5.41) is 3.43. The number of ether oxygens (including phenoxy) is 3. The monoisotopic (exact) mass is 265 g/mol. The van der Waals surface area contributed by atoms with Crippen LogP contribution < -0.4 is 10.1 Å². The predicted octanol–water partition coefficient (Wildman–Crippen LogP) is 1.98. The Morgan fingerprint density at radius 3 is 2.79 bits per heavy atom. The van der Waals surface area contributed by atoms with Crippen LogP contribution in [0.4, 0.5) is 0 Å². The van der Waals surface area contributed by atoms with Gasteiger partial charge in [0.25, 0.3) is 0 Å². The molecule has 4 heteroatoms. The Morgan fingerprint density at radius 2 is 2.11 bits per heavy atom. The zero-order valence-electron chi connectivity index (χ0n) is 11.6. The highest BCUT2D eigenvalue weighted by molar-refractivity contribution is 5.27. The first kappa shape index (κ1) is 14.3. The lowest BCUT2D eigenvalue weighted by Gasteiger charge is -2.11. The molecule has 2 rings (SSSR count). The zero-order chi connectivity index (χ0) is 13.3. The van der Waals surface area contributed by atoms with Crippen molar-refractivity contribution in [3.63, 3.8) is 0 Å². The summed E-state index contributed by atoms with van der Waals surface area (Å²) in [5.41, 5.74) is 1.26. The topological polar surface area (TPSA) is 39.7 Å². The lowest BCUT2D eigenvalue weighted by molar-refractivity contribution is 0.110. The number of nitrogens with one attached hydrogen (secondary N) is 1. The summed E-state index contributed by atoms with van der Waals surface area (Å²) < 4.78 is 16.0. The van der Waals surface area contributed by atoms with Crippen molar-refractivity contribution in [2.24, 2.45) is 0 Å². The van der Waals surface area contributed by atoms with Gasteiger partial charge in [-0.25, -0.2) is 0 Å². The van der Waals surface area contributed by atoms with E-state index < -0.39 is 0 Å². The third kappa shape index (κ3) is 5.19. The molecule has 4 nitrogen and oxygen atoms in total. The van der Waals surface area contributed by atoms with Crippen molar-refractivity contribution in [3.05, 3.63) is 29.8 Å². The number of hydrogen-bond donors (Lipinski definition) is 1. The lowest BCUT2D eigenvalue weighted by atomic mass is 10.2. The van der Waals surface area contributed by atoms with Gasteiger partial charge in [0.1, 0.15) is 12.4 Å². The second-order valence-electron chi connectivity index (χ2n) is 4.75. The quantitative estimate of drug-likeness (QED) is 0.730. The molecule has 1 aliphatic rings. The molecular formula is C15H23NO3. The average molecular weight is 265 g/mol. The molecule has 1 unspecified atom stereocenters. The van der Waals surface area contributed by atoms with E-state index in [1.165, 1.54) is 18.4 Å². The van der Waals surface area contributed by atoms with Gasteiger partial charge in [-0.05, 0) is 30.5 Å². The summed E-state index contributed by atoms with van der Waals surface area (Å²) in [5.74, 6) is 0.889. The standard InChI is InChI=1S/C15H23NO3/c1-17-9-10-19-14-6-4-13(5-7-14)11-16-12-15-3-2-8-18-15/h4-7,15-16H,2-3,8-12H2,1H3. The molecule has 0 aliphatic carbocycles. The maximum Gasteiger partial charge on any atom is 0.119 e. The van der Waals surface area contributed by atoms with Gasteiger partial charge in [-0.3, -0.25) is 0 Å². The van der Waals surface area contributed by atoms with E-state index in [2.05, 4.69) is 17.4 Å². The molecule has 1 fully saturated rings. The normalized spacial score (nSPS) is 18.7. The van der Waals surface area contributed by atoms with Gasteiger partial charge < -0.3 is 19.5 Å². The first-order valence-corrected chi connectivity index (χ1v) is 6.91. The van der Waals surface area contributed by atoms with Crippen LogP contribution in [0.2, 0.25) is 0 Å². The molecule has 19 heavy (non-hydrogen) atoms. The fourth-order valence-electron chi connectivity index (χ4n) is 2.13. The fraction of sp³-hybridized carbons (Fsp3) is 0.600. The highest BCUT2D eigenvalue weighted by atomic mass is 16.5. The Hall–Kier alpha value is -1.10. The van der Waals surface area contributed by atoms with Crippen LogP contribution in [0.25, 0.3) is 0 Å². The molecule has 0 radical (unpaired) electrons. The van der Waals surface area contributed by atoms with Gasteiger partial charge in [-0.2, -0.15) is 0 Å².